The van der Waals surface area contributed by atoms with Gasteiger partial charge in [0.2, 0.25) is 0 Å². The lowest BCUT2D eigenvalue weighted by Crippen LogP contribution is -2.09. The summed E-state index contributed by atoms with van der Waals surface area (Å²) < 4.78 is 4.44. The van der Waals surface area contributed by atoms with E-state index in [4.69, 9.17) is 0 Å². The topological polar surface area (TPSA) is 43.4 Å². The molecule has 0 atom stereocenters. The summed E-state index contributed by atoms with van der Waals surface area (Å²) in [6, 6.07) is 9.36. The first-order chi connectivity index (χ1) is 7.09. The highest BCUT2D eigenvalue weighted by Crippen LogP contribution is 2.07. The van der Waals surface area contributed by atoms with E-state index in [1.807, 2.05) is 30.3 Å². The van der Waals surface area contributed by atoms with E-state index in [9.17, 15) is 9.59 Å². The molecule has 15 heavy (non-hydrogen) atoms. The molecular formula is C12H12O3. The van der Waals surface area contributed by atoms with E-state index < -0.39 is 11.9 Å². The van der Waals surface area contributed by atoms with Gasteiger partial charge in [-0.3, -0.25) is 4.79 Å². The third-order valence-corrected chi connectivity index (χ3v) is 1.74. The summed E-state index contributed by atoms with van der Waals surface area (Å²) in [6.07, 6.45) is 1.67. The zero-order chi connectivity index (χ0) is 11.3. The number of rotatable bonds is 2. The molecule has 0 bridgehead atoms. The lowest BCUT2D eigenvalue weighted by molar-refractivity contribution is -0.155. The first-order valence-corrected chi connectivity index (χ1v) is 4.55. The molecule has 0 saturated carbocycles. The quantitative estimate of drug-likeness (QED) is 0.421. The third kappa shape index (κ3) is 3.77. The fourth-order valence-corrected chi connectivity index (χ4v) is 1.07. The van der Waals surface area contributed by atoms with Gasteiger partial charge in [-0.05, 0) is 18.6 Å². The van der Waals surface area contributed by atoms with Crippen LogP contribution in [-0.2, 0) is 14.3 Å². The van der Waals surface area contributed by atoms with Gasteiger partial charge >= 0.3 is 11.9 Å². The zero-order valence-corrected chi connectivity index (χ0v) is 8.69. The number of carbonyl (C=O) groups is 2. The monoisotopic (exact) mass is 204 g/mol. The largest absolute Gasteiger partial charge is 0.390 e. The van der Waals surface area contributed by atoms with Gasteiger partial charge in [-0.15, -0.1) is 0 Å². The van der Waals surface area contributed by atoms with Crippen LogP contribution in [-0.4, -0.2) is 11.9 Å². The summed E-state index contributed by atoms with van der Waals surface area (Å²) in [7, 11) is 0. The maximum absolute atomic E-state index is 11.2. The molecule has 0 saturated heterocycles. The molecule has 0 fully saturated rings. The molecule has 0 heterocycles. The average molecular weight is 204 g/mol. The molecular weight excluding hydrogens is 192 g/mol. The summed E-state index contributed by atoms with van der Waals surface area (Å²) in [5.41, 5.74) is 1.30. The minimum absolute atomic E-state index is 0.399. The van der Waals surface area contributed by atoms with Crippen molar-refractivity contribution >= 4 is 18.0 Å². The summed E-state index contributed by atoms with van der Waals surface area (Å²) >= 11 is 0. The lowest BCUT2D eigenvalue weighted by Gasteiger charge is -1.99. The Labute approximate surface area is 88.4 Å². The number of esters is 2. The smallest absolute Gasteiger partial charge is 0.341 e. The van der Waals surface area contributed by atoms with Crippen LogP contribution in [0.4, 0.5) is 0 Å². The predicted octanol–water partition coefficient (Wildman–Crippen LogP) is 2.18. The lowest BCUT2D eigenvalue weighted by atomic mass is 10.1. The zero-order valence-electron chi connectivity index (χ0n) is 8.69. The molecule has 0 aromatic heterocycles. The number of hydrogen-bond donors (Lipinski definition) is 0. The summed E-state index contributed by atoms with van der Waals surface area (Å²) in [4.78, 5) is 21.8. The van der Waals surface area contributed by atoms with Gasteiger partial charge in [0.1, 0.15) is 0 Å². The van der Waals surface area contributed by atoms with Gasteiger partial charge in [0.15, 0.2) is 0 Å². The normalized spacial score (nSPS) is 10.9. The van der Waals surface area contributed by atoms with Crippen LogP contribution < -0.4 is 0 Å². The Balaban J connectivity index is 2.76. The molecule has 1 aromatic carbocycles. The van der Waals surface area contributed by atoms with Crippen LogP contribution in [0.1, 0.15) is 19.4 Å². The molecule has 0 amide bonds. The minimum atomic E-state index is -0.605. The van der Waals surface area contributed by atoms with Gasteiger partial charge in [0, 0.05) is 12.5 Å². The second-order valence-electron chi connectivity index (χ2n) is 3.12. The Morgan fingerprint density at radius 3 is 2.27 bits per heavy atom. The van der Waals surface area contributed by atoms with Crippen molar-refractivity contribution in [2.75, 3.05) is 0 Å². The van der Waals surface area contributed by atoms with Crippen molar-refractivity contribution < 1.29 is 14.3 Å². The Bertz CT molecular complexity index is 391. The van der Waals surface area contributed by atoms with E-state index in [0.29, 0.717) is 5.57 Å². The Morgan fingerprint density at radius 1 is 1.13 bits per heavy atom. The van der Waals surface area contributed by atoms with E-state index in [1.165, 1.54) is 6.92 Å². The molecule has 1 aromatic rings. The standard InChI is InChI=1S/C12H12O3/c1-9(12(14)15-10(2)13)8-11-6-4-3-5-7-11/h3-8H,1-2H3/b9-8+. The maximum Gasteiger partial charge on any atom is 0.341 e. The number of benzene rings is 1. The molecule has 0 N–H and O–H groups in total. The Hall–Kier alpha value is -1.90. The molecule has 78 valence electrons. The second-order valence-corrected chi connectivity index (χ2v) is 3.12. The van der Waals surface area contributed by atoms with Gasteiger partial charge < -0.3 is 4.74 Å². The van der Waals surface area contributed by atoms with E-state index in [0.717, 1.165) is 5.56 Å². The van der Waals surface area contributed by atoms with Crippen molar-refractivity contribution in [2.45, 2.75) is 13.8 Å². The van der Waals surface area contributed by atoms with E-state index in [-0.39, 0.29) is 0 Å². The molecule has 0 aliphatic carbocycles. The minimum Gasteiger partial charge on any atom is -0.390 e. The molecule has 3 nitrogen and oxygen atoms in total. The van der Waals surface area contributed by atoms with Gasteiger partial charge in [-0.1, -0.05) is 30.3 Å². The van der Waals surface area contributed by atoms with Gasteiger partial charge in [0.25, 0.3) is 0 Å². The molecule has 0 unspecified atom stereocenters. The first kappa shape index (κ1) is 11.2. The van der Waals surface area contributed by atoms with Crippen LogP contribution in [0.2, 0.25) is 0 Å². The number of hydrogen-bond acceptors (Lipinski definition) is 3. The van der Waals surface area contributed by atoms with Crippen molar-refractivity contribution in [3.05, 3.63) is 41.5 Å². The van der Waals surface area contributed by atoms with Gasteiger partial charge in [-0.2, -0.15) is 0 Å². The van der Waals surface area contributed by atoms with Crippen LogP contribution in [0.3, 0.4) is 0 Å². The first-order valence-electron chi connectivity index (χ1n) is 4.55. The van der Waals surface area contributed by atoms with Crippen LogP contribution in [0.5, 0.6) is 0 Å². The second kappa shape index (κ2) is 5.10. The summed E-state index contributed by atoms with van der Waals surface area (Å²) in [6.45, 7) is 2.81. The van der Waals surface area contributed by atoms with Crippen LogP contribution >= 0.6 is 0 Å². The number of ether oxygens (including phenoxy) is 1. The van der Waals surface area contributed by atoms with Crippen LogP contribution in [0.15, 0.2) is 35.9 Å². The fourth-order valence-electron chi connectivity index (χ4n) is 1.07. The summed E-state index contributed by atoms with van der Waals surface area (Å²) in [5, 5.41) is 0. The fraction of sp³-hybridized carbons (Fsp3) is 0.167. The average Bonchev–Trinajstić information content (AvgIpc) is 2.18. The summed E-state index contributed by atoms with van der Waals surface area (Å²) in [5.74, 6) is -1.20. The SMILES string of the molecule is CC(=O)OC(=O)/C(C)=C/c1ccccc1. The van der Waals surface area contributed by atoms with Crippen molar-refractivity contribution in [3.8, 4) is 0 Å². The van der Waals surface area contributed by atoms with Crippen molar-refractivity contribution in [1.82, 2.24) is 0 Å². The van der Waals surface area contributed by atoms with Crippen molar-refractivity contribution in [2.24, 2.45) is 0 Å². The van der Waals surface area contributed by atoms with E-state index >= 15 is 0 Å². The van der Waals surface area contributed by atoms with Crippen molar-refractivity contribution in [1.29, 1.82) is 0 Å². The van der Waals surface area contributed by atoms with E-state index in [2.05, 4.69) is 4.74 Å². The Kier molecular flexibility index (Phi) is 3.80. The van der Waals surface area contributed by atoms with Crippen molar-refractivity contribution in [3.63, 3.8) is 0 Å². The molecule has 0 aliphatic heterocycles. The van der Waals surface area contributed by atoms with Crippen LogP contribution in [0, 0.1) is 0 Å². The number of carbonyl (C=O) groups excluding carboxylic acids is 2. The predicted molar refractivity (Wildman–Crippen MR) is 56.9 cm³/mol. The van der Waals surface area contributed by atoms with Crippen LogP contribution in [0.25, 0.3) is 6.08 Å². The molecule has 0 aliphatic rings. The third-order valence-electron chi connectivity index (χ3n) is 1.74. The highest BCUT2D eigenvalue weighted by Gasteiger charge is 2.07. The highest BCUT2D eigenvalue weighted by molar-refractivity contribution is 5.98. The van der Waals surface area contributed by atoms with Gasteiger partial charge in [-0.25, -0.2) is 4.79 Å². The van der Waals surface area contributed by atoms with Gasteiger partial charge in [0.05, 0.1) is 0 Å². The highest BCUT2D eigenvalue weighted by atomic mass is 16.6. The molecule has 3 heteroatoms. The molecule has 0 radical (unpaired) electrons. The maximum atomic E-state index is 11.2. The molecule has 0 spiro atoms. The Morgan fingerprint density at radius 2 is 1.73 bits per heavy atom. The molecule has 1 rings (SSSR count). The van der Waals surface area contributed by atoms with E-state index in [1.54, 1.807) is 13.0 Å².